The van der Waals surface area contributed by atoms with E-state index in [9.17, 15) is 0 Å². The zero-order chi connectivity index (χ0) is 13.7. The second-order valence-corrected chi connectivity index (χ2v) is 0.544. The van der Waals surface area contributed by atoms with Gasteiger partial charge in [-0.15, -0.1) is 0 Å². The van der Waals surface area contributed by atoms with Crippen LogP contribution in [0.15, 0.2) is 0 Å². The molecule has 0 atom stereocenters. The van der Waals surface area contributed by atoms with Crippen molar-refractivity contribution in [2.24, 2.45) is 0 Å². The van der Waals surface area contributed by atoms with Gasteiger partial charge >= 0.3 is 72.5 Å². The molecule has 19 heavy (non-hydrogen) atoms. The van der Waals surface area contributed by atoms with Gasteiger partial charge in [-0.2, -0.15) is 0 Å². The van der Waals surface area contributed by atoms with Crippen molar-refractivity contribution >= 4 is 72.5 Å². The number of hydrogen-bond donors (Lipinski definition) is 0. The maximum atomic E-state index is 8.26. The van der Waals surface area contributed by atoms with Crippen LogP contribution in [0.5, 0.6) is 0 Å². The summed E-state index contributed by atoms with van der Waals surface area (Å²) >= 11 is 0. The molecule has 0 bridgehead atoms. The van der Waals surface area contributed by atoms with Crippen LogP contribution in [0.3, 0.4) is 0 Å². The van der Waals surface area contributed by atoms with Crippen molar-refractivity contribution in [3.63, 3.8) is 0 Å². The van der Waals surface area contributed by atoms with E-state index in [1.807, 2.05) is 0 Å². The molecule has 16 nitrogen and oxygen atoms in total. The van der Waals surface area contributed by atoms with E-state index < -0.39 is 0 Å². The molecule has 0 N–H and O–H groups in total. The minimum Gasteiger partial charge on any atom is -0.693 e. The van der Waals surface area contributed by atoms with Gasteiger partial charge in [0, 0.05) is 0 Å². The van der Waals surface area contributed by atoms with E-state index in [2.05, 4.69) is 40.3 Å². The molecule has 0 spiro atoms. The Morgan fingerprint density at radius 3 is 0.368 bits per heavy atom. The summed E-state index contributed by atoms with van der Waals surface area (Å²) in [4.78, 5) is 0. The van der Waals surface area contributed by atoms with Crippen molar-refractivity contribution in [3.05, 3.63) is 0 Å². The SMILES string of the molecule is [Al+3].[Al+3].[Ca+2].[O-]OO[O-].[O-]OO[O-].[O-]OO[O-].[O-]OO[O-]. The van der Waals surface area contributed by atoms with Gasteiger partial charge in [-0.05, 0) is 0 Å². The first-order valence-corrected chi connectivity index (χ1v) is 2.00. The predicted octanol–water partition coefficient (Wildman–Crippen LogP) is -11.2. The molecule has 0 aliphatic carbocycles. The Morgan fingerprint density at radius 1 is 0.316 bits per heavy atom. The molecule has 19 heteroatoms. The first-order valence-electron chi connectivity index (χ1n) is 2.00. The largest absolute Gasteiger partial charge is 3.00 e. The molecule has 0 fully saturated rings. The quantitative estimate of drug-likeness (QED) is 0.259. The van der Waals surface area contributed by atoms with Gasteiger partial charge in [-0.25, -0.2) is 0 Å². The summed E-state index contributed by atoms with van der Waals surface area (Å²) in [5.41, 5.74) is 0. The Kier molecular flexibility index (Phi) is 165. The standard InChI is InChI=1S/2Al.Ca.4H2O4/c;;;4*1-3-4-2/h;;;4*1-2H/q2*+3;+2;;;;/p-8. The van der Waals surface area contributed by atoms with Crippen LogP contribution in [0.1, 0.15) is 0 Å². The van der Waals surface area contributed by atoms with Crippen LogP contribution >= 0.6 is 0 Å². The van der Waals surface area contributed by atoms with Gasteiger partial charge in [-0.1, -0.05) is 0 Å². The molecule has 0 aliphatic rings. The fraction of sp³-hybridized carbons (Fsp3) is 0. The Hall–Kier alpha value is 1.68. The van der Waals surface area contributed by atoms with Crippen LogP contribution in [0.4, 0.5) is 0 Å². The van der Waals surface area contributed by atoms with Gasteiger partial charge in [0.15, 0.2) is 0 Å². The van der Waals surface area contributed by atoms with Gasteiger partial charge < -0.3 is 82.4 Å². The van der Waals surface area contributed by atoms with E-state index in [1.165, 1.54) is 0 Å². The van der Waals surface area contributed by atoms with Crippen LogP contribution in [0, 0.1) is 0 Å². The third-order valence-electron chi connectivity index (χ3n) is 0.111. The summed E-state index contributed by atoms with van der Waals surface area (Å²) in [6.07, 6.45) is 0. The summed E-state index contributed by atoms with van der Waals surface area (Å²) in [6, 6.07) is 0. The van der Waals surface area contributed by atoms with E-state index in [1.54, 1.807) is 0 Å². The molecule has 0 rings (SSSR count). The Morgan fingerprint density at radius 2 is 0.368 bits per heavy atom. The van der Waals surface area contributed by atoms with Crippen LogP contribution in [-0.2, 0) is 40.3 Å². The third-order valence-corrected chi connectivity index (χ3v) is 0.111. The average molecular weight is 350 g/mol. The molecule has 104 valence electrons. The zero-order valence-corrected chi connectivity index (χ0v) is 12.9. The molecular formula is Al2CaO16. The smallest absolute Gasteiger partial charge is 0.693 e. The fourth-order valence-electron chi connectivity index (χ4n) is 0. The van der Waals surface area contributed by atoms with Crippen molar-refractivity contribution in [2.45, 2.75) is 0 Å². The summed E-state index contributed by atoms with van der Waals surface area (Å²) in [7, 11) is 0. The fourth-order valence-corrected chi connectivity index (χ4v) is 0. The molecule has 0 aromatic rings. The third kappa shape index (κ3) is 191. The molecular weight excluding hydrogens is 350 g/mol. The van der Waals surface area contributed by atoms with E-state index in [0.29, 0.717) is 0 Å². The first-order chi connectivity index (χ1) is 7.66. The Balaban J connectivity index is -0.0000000192. The number of hydrogen-bond acceptors (Lipinski definition) is 16. The van der Waals surface area contributed by atoms with Gasteiger partial charge in [0.1, 0.15) is 0 Å². The molecule has 0 amide bonds. The Bertz CT molecular complexity index is 38.7. The summed E-state index contributed by atoms with van der Waals surface area (Å²) < 4.78 is 0. The second-order valence-electron chi connectivity index (χ2n) is 0.544. The topological polar surface area (TPSA) is 258 Å². The normalized spacial score (nSPS) is 6.32. The number of rotatable bonds is 4. The molecule has 0 heterocycles. The molecule has 0 aromatic heterocycles. The minimum absolute atomic E-state index is 0. The van der Waals surface area contributed by atoms with Crippen molar-refractivity contribution in [1.29, 1.82) is 0 Å². The summed E-state index contributed by atoms with van der Waals surface area (Å²) in [5, 5.41) is 84.0. The van der Waals surface area contributed by atoms with Crippen LogP contribution < -0.4 is 42.1 Å². The van der Waals surface area contributed by atoms with E-state index >= 15 is 0 Å². The van der Waals surface area contributed by atoms with Crippen molar-refractivity contribution in [1.82, 2.24) is 0 Å². The maximum Gasteiger partial charge on any atom is 3.00 e. The van der Waals surface area contributed by atoms with Gasteiger partial charge in [-0.3, -0.25) is 0 Å². The summed E-state index contributed by atoms with van der Waals surface area (Å²) in [6.45, 7) is 0. The van der Waals surface area contributed by atoms with E-state index in [-0.39, 0.29) is 72.5 Å². The first kappa shape index (κ1) is 42.8. The van der Waals surface area contributed by atoms with Gasteiger partial charge in [0.25, 0.3) is 0 Å². The molecule has 0 aliphatic heterocycles. The molecule has 0 unspecified atom stereocenters. The van der Waals surface area contributed by atoms with Crippen molar-refractivity contribution in [3.8, 4) is 0 Å². The maximum absolute atomic E-state index is 8.26. The van der Waals surface area contributed by atoms with Gasteiger partial charge in [0.2, 0.25) is 0 Å². The molecule has 0 saturated heterocycles. The average Bonchev–Trinajstić information content (AvgIpc) is 2.39. The second kappa shape index (κ2) is 73.3. The predicted molar refractivity (Wildman–Crippen MR) is 25.9 cm³/mol. The van der Waals surface area contributed by atoms with E-state index in [0.717, 1.165) is 0 Å². The van der Waals surface area contributed by atoms with Crippen molar-refractivity contribution < 1.29 is 82.4 Å². The monoisotopic (exact) mass is 350 g/mol. The Labute approximate surface area is 154 Å². The van der Waals surface area contributed by atoms with Crippen LogP contribution in [0.25, 0.3) is 0 Å². The molecule has 0 saturated carbocycles. The minimum atomic E-state index is 0. The van der Waals surface area contributed by atoms with Crippen LogP contribution in [-0.4, -0.2) is 72.5 Å². The molecule has 0 aromatic carbocycles. The zero-order valence-electron chi connectivity index (χ0n) is 8.39. The summed E-state index contributed by atoms with van der Waals surface area (Å²) in [5.74, 6) is 0. The van der Waals surface area contributed by atoms with Crippen molar-refractivity contribution in [2.75, 3.05) is 0 Å². The van der Waals surface area contributed by atoms with Gasteiger partial charge in [0.05, 0.1) is 0 Å². The van der Waals surface area contributed by atoms with Crippen LogP contribution in [0.2, 0.25) is 0 Å². The van der Waals surface area contributed by atoms with E-state index in [4.69, 9.17) is 42.1 Å². The molecule has 0 radical (unpaired) electrons.